The van der Waals surface area contributed by atoms with E-state index in [1.54, 1.807) is 42.5 Å². The number of hydrogen-bond acceptors (Lipinski definition) is 3. The van der Waals surface area contributed by atoms with Crippen molar-refractivity contribution in [1.82, 2.24) is 15.2 Å². The van der Waals surface area contributed by atoms with Crippen LogP contribution in [0.3, 0.4) is 0 Å². The summed E-state index contributed by atoms with van der Waals surface area (Å²) in [5.41, 5.74) is 2.92. The Kier molecular flexibility index (Phi) is 4.08. The molecule has 23 heavy (non-hydrogen) atoms. The van der Waals surface area contributed by atoms with Crippen LogP contribution < -0.4 is 10.3 Å². The second-order valence-electron chi connectivity index (χ2n) is 4.73. The number of carbonyl (C=O) groups excluding carboxylic acids is 1. The summed E-state index contributed by atoms with van der Waals surface area (Å²) < 4.78 is 24.1. The van der Waals surface area contributed by atoms with Crippen LogP contribution in [0.5, 0.6) is 0 Å². The third-order valence-corrected chi connectivity index (χ3v) is 4.88. The maximum Gasteiger partial charge on any atom is 0.284 e. The summed E-state index contributed by atoms with van der Waals surface area (Å²) in [6.07, 6.45) is 0. The molecule has 0 aliphatic heterocycles. The van der Waals surface area contributed by atoms with E-state index in [-0.39, 0.29) is 15.6 Å². The lowest BCUT2D eigenvalue weighted by molar-refractivity contribution is 0.0941. The van der Waals surface area contributed by atoms with Gasteiger partial charge in [-0.25, -0.2) is 8.42 Å². The number of carbonyl (C=O) groups is 1. The molecule has 1 aromatic heterocycles. The molecule has 1 amide bonds. The normalized spacial score (nSPS) is 11.5. The summed E-state index contributed by atoms with van der Waals surface area (Å²) in [7, 11) is -3.85. The van der Waals surface area contributed by atoms with E-state index in [2.05, 4.69) is 10.4 Å². The molecule has 0 fully saturated rings. The van der Waals surface area contributed by atoms with Crippen LogP contribution in [-0.2, 0) is 10.0 Å². The number of benzene rings is 2. The zero-order valence-electron chi connectivity index (χ0n) is 11.7. The third kappa shape index (κ3) is 3.07. The highest BCUT2D eigenvalue weighted by Gasteiger charge is 2.19. The summed E-state index contributed by atoms with van der Waals surface area (Å²) >= 11 is 6.15. The van der Waals surface area contributed by atoms with Crippen molar-refractivity contribution in [1.29, 1.82) is 0 Å². The Morgan fingerprint density at radius 2 is 1.65 bits per heavy atom. The highest BCUT2D eigenvalue weighted by molar-refractivity contribution is 7.89. The SMILES string of the molecule is O=C(NNS(=O)(=O)c1ccccc1)c1[nH]c2ccccc2c1Cl. The monoisotopic (exact) mass is 349 g/mol. The Bertz CT molecular complexity index is 968. The highest BCUT2D eigenvalue weighted by atomic mass is 35.5. The first-order chi connectivity index (χ1) is 11.0. The molecule has 0 aliphatic rings. The molecule has 3 N–H and O–H groups in total. The number of aromatic nitrogens is 1. The summed E-state index contributed by atoms with van der Waals surface area (Å²) in [6, 6.07) is 14.8. The van der Waals surface area contributed by atoms with E-state index in [1.807, 2.05) is 4.83 Å². The number of hydrogen-bond donors (Lipinski definition) is 3. The molecule has 0 radical (unpaired) electrons. The van der Waals surface area contributed by atoms with Crippen LogP contribution in [0.25, 0.3) is 10.9 Å². The number of halogens is 1. The molecular formula is C15H12ClN3O3S. The van der Waals surface area contributed by atoms with E-state index >= 15 is 0 Å². The third-order valence-electron chi connectivity index (χ3n) is 3.22. The van der Waals surface area contributed by atoms with Crippen molar-refractivity contribution in [2.45, 2.75) is 4.90 Å². The molecule has 118 valence electrons. The summed E-state index contributed by atoms with van der Waals surface area (Å²) in [5, 5.41) is 0.919. The molecule has 6 nitrogen and oxygen atoms in total. The minimum atomic E-state index is -3.85. The van der Waals surface area contributed by atoms with Gasteiger partial charge in [0.1, 0.15) is 5.69 Å². The van der Waals surface area contributed by atoms with Gasteiger partial charge >= 0.3 is 0 Å². The van der Waals surface area contributed by atoms with Crippen molar-refractivity contribution in [2.75, 3.05) is 0 Å². The fourth-order valence-electron chi connectivity index (χ4n) is 2.10. The molecule has 3 aromatic rings. The van der Waals surface area contributed by atoms with Gasteiger partial charge in [0.05, 0.1) is 9.92 Å². The molecule has 1 heterocycles. The van der Waals surface area contributed by atoms with Crippen molar-refractivity contribution in [3.63, 3.8) is 0 Å². The van der Waals surface area contributed by atoms with E-state index in [1.165, 1.54) is 12.1 Å². The lowest BCUT2D eigenvalue weighted by atomic mass is 10.2. The predicted octanol–water partition coefficient (Wildman–Crippen LogP) is 2.44. The van der Waals surface area contributed by atoms with Gasteiger partial charge in [0.25, 0.3) is 15.9 Å². The molecule has 3 rings (SSSR count). The molecule has 0 saturated carbocycles. The quantitative estimate of drug-likeness (QED) is 0.632. The van der Waals surface area contributed by atoms with Gasteiger partial charge in [0.15, 0.2) is 0 Å². The van der Waals surface area contributed by atoms with Crippen LogP contribution in [0.1, 0.15) is 10.5 Å². The predicted molar refractivity (Wildman–Crippen MR) is 87.5 cm³/mol. The van der Waals surface area contributed by atoms with E-state index in [4.69, 9.17) is 11.6 Å². The number of rotatable bonds is 4. The van der Waals surface area contributed by atoms with Crippen LogP contribution in [0.4, 0.5) is 0 Å². The van der Waals surface area contributed by atoms with Crippen molar-refractivity contribution < 1.29 is 13.2 Å². The van der Waals surface area contributed by atoms with Crippen LogP contribution in [-0.4, -0.2) is 19.3 Å². The van der Waals surface area contributed by atoms with Crippen molar-refractivity contribution >= 4 is 38.4 Å². The zero-order valence-corrected chi connectivity index (χ0v) is 13.3. The number of amides is 1. The zero-order chi connectivity index (χ0) is 16.4. The van der Waals surface area contributed by atoms with E-state index < -0.39 is 15.9 Å². The summed E-state index contributed by atoms with van der Waals surface area (Å²) in [5.74, 6) is -0.675. The van der Waals surface area contributed by atoms with Crippen molar-refractivity contribution in [3.05, 3.63) is 65.3 Å². The Balaban J connectivity index is 1.80. The molecule has 0 spiro atoms. The van der Waals surface area contributed by atoms with Gasteiger partial charge in [-0.3, -0.25) is 10.2 Å². The van der Waals surface area contributed by atoms with Gasteiger partial charge in [0, 0.05) is 10.9 Å². The van der Waals surface area contributed by atoms with Gasteiger partial charge in [-0.2, -0.15) is 0 Å². The molecule has 0 atom stereocenters. The van der Waals surface area contributed by atoms with Crippen LogP contribution in [0, 0.1) is 0 Å². The van der Waals surface area contributed by atoms with Gasteiger partial charge in [0.2, 0.25) is 0 Å². The molecule has 2 aromatic carbocycles. The first-order valence-electron chi connectivity index (χ1n) is 6.62. The number of H-pyrrole nitrogens is 1. The number of nitrogens with one attached hydrogen (secondary N) is 3. The fraction of sp³-hybridized carbons (Fsp3) is 0. The molecule has 0 aliphatic carbocycles. The van der Waals surface area contributed by atoms with Gasteiger partial charge in [-0.15, -0.1) is 4.83 Å². The van der Waals surface area contributed by atoms with Gasteiger partial charge < -0.3 is 4.98 Å². The van der Waals surface area contributed by atoms with Crippen molar-refractivity contribution in [3.8, 4) is 0 Å². The second kappa shape index (κ2) is 6.04. The average Bonchev–Trinajstić information content (AvgIpc) is 2.91. The Hall–Kier alpha value is -2.35. The average molecular weight is 350 g/mol. The maximum atomic E-state index is 12.2. The first kappa shape index (κ1) is 15.5. The van der Waals surface area contributed by atoms with E-state index in [9.17, 15) is 13.2 Å². The number of sulfonamides is 1. The van der Waals surface area contributed by atoms with E-state index in [0.29, 0.717) is 10.9 Å². The van der Waals surface area contributed by atoms with Crippen molar-refractivity contribution in [2.24, 2.45) is 0 Å². The lowest BCUT2D eigenvalue weighted by Gasteiger charge is -2.07. The number of para-hydroxylation sites is 1. The maximum absolute atomic E-state index is 12.2. The Morgan fingerprint density at radius 1 is 1.00 bits per heavy atom. The van der Waals surface area contributed by atoms with Crippen LogP contribution in [0.15, 0.2) is 59.5 Å². The number of fused-ring (bicyclic) bond motifs is 1. The second-order valence-corrected chi connectivity index (χ2v) is 6.79. The van der Waals surface area contributed by atoms with Gasteiger partial charge in [-0.1, -0.05) is 48.0 Å². The molecule has 8 heteroatoms. The largest absolute Gasteiger partial charge is 0.349 e. The van der Waals surface area contributed by atoms with Crippen LogP contribution >= 0.6 is 11.6 Å². The minimum Gasteiger partial charge on any atom is -0.349 e. The topological polar surface area (TPSA) is 91.1 Å². The fourth-order valence-corrected chi connectivity index (χ4v) is 3.26. The Morgan fingerprint density at radius 3 is 2.35 bits per heavy atom. The molecule has 0 saturated heterocycles. The van der Waals surface area contributed by atoms with E-state index in [0.717, 1.165) is 0 Å². The molecular weight excluding hydrogens is 338 g/mol. The highest BCUT2D eigenvalue weighted by Crippen LogP contribution is 2.26. The Labute approximate surface area is 137 Å². The smallest absolute Gasteiger partial charge is 0.284 e. The first-order valence-corrected chi connectivity index (χ1v) is 8.48. The summed E-state index contributed by atoms with van der Waals surface area (Å²) in [6.45, 7) is 0. The molecule has 0 bridgehead atoms. The van der Waals surface area contributed by atoms with Gasteiger partial charge in [-0.05, 0) is 18.2 Å². The number of hydrazine groups is 1. The summed E-state index contributed by atoms with van der Waals surface area (Å²) in [4.78, 5) is 17.1. The number of aromatic amines is 1. The minimum absolute atomic E-state index is 0.0445. The molecule has 0 unspecified atom stereocenters. The van der Waals surface area contributed by atoms with Crippen LogP contribution in [0.2, 0.25) is 5.02 Å². The standard InChI is InChI=1S/C15H12ClN3O3S/c16-13-11-8-4-5-9-12(11)17-14(13)15(20)18-19-23(21,22)10-6-2-1-3-7-10/h1-9,17,19H,(H,18,20). The lowest BCUT2D eigenvalue weighted by Crippen LogP contribution is -2.41.